The van der Waals surface area contributed by atoms with E-state index in [9.17, 15) is 17.6 Å². The highest BCUT2D eigenvalue weighted by Gasteiger charge is 2.20. The van der Waals surface area contributed by atoms with Gasteiger partial charge in [0.1, 0.15) is 29.3 Å². The number of nitrogens with one attached hydrogen (secondary N) is 1. The molecule has 2 heterocycles. The maximum atomic E-state index is 14.2. The normalized spacial score (nSPS) is 16.0. The number of halogens is 4. The van der Waals surface area contributed by atoms with E-state index in [2.05, 4.69) is 14.7 Å². The summed E-state index contributed by atoms with van der Waals surface area (Å²) in [5.41, 5.74) is 6.74. The van der Waals surface area contributed by atoms with Crippen LogP contribution < -0.4 is 15.4 Å². The molecule has 0 atom stereocenters. The molecular formula is C21H21F4N5O. The summed E-state index contributed by atoms with van der Waals surface area (Å²) in [6, 6.07) is 7.08. The molecule has 1 aromatic carbocycles. The second-order valence-electron chi connectivity index (χ2n) is 6.84. The van der Waals surface area contributed by atoms with Gasteiger partial charge in [0.25, 0.3) is 0 Å². The molecule has 0 bridgehead atoms. The fraction of sp³-hybridized carbons (Fsp3) is 0.286. The number of hydrogen-bond donors (Lipinski definition) is 2. The molecule has 1 aliphatic rings. The summed E-state index contributed by atoms with van der Waals surface area (Å²) in [5, 5.41) is 7.59. The zero-order chi connectivity index (χ0) is 22.4. The molecule has 1 fully saturated rings. The van der Waals surface area contributed by atoms with E-state index in [-0.39, 0.29) is 17.3 Å². The van der Waals surface area contributed by atoms with Crippen LogP contribution in [0.25, 0.3) is 5.57 Å². The molecule has 1 saturated heterocycles. The van der Waals surface area contributed by atoms with Gasteiger partial charge in [-0.15, -0.1) is 0 Å². The Morgan fingerprint density at radius 1 is 1.26 bits per heavy atom. The number of anilines is 1. The smallest absolute Gasteiger partial charge is 0.387 e. The van der Waals surface area contributed by atoms with Gasteiger partial charge < -0.3 is 20.8 Å². The molecule has 0 radical (unpaired) electrons. The molecular weight excluding hydrogens is 414 g/mol. The number of allylic oxidation sites excluding steroid dienone is 1. The van der Waals surface area contributed by atoms with Gasteiger partial charge in [-0.25, -0.2) is 18.8 Å². The Morgan fingerprint density at radius 2 is 1.94 bits per heavy atom. The van der Waals surface area contributed by atoms with Crippen LogP contribution in [0.15, 0.2) is 47.6 Å². The number of rotatable bonds is 7. The number of piperidine rings is 1. The molecule has 6 nitrogen and oxygen atoms in total. The Kier molecular flexibility index (Phi) is 7.22. The highest BCUT2D eigenvalue weighted by atomic mass is 19.3. The molecule has 0 aliphatic carbocycles. The van der Waals surface area contributed by atoms with Gasteiger partial charge in [0, 0.05) is 30.9 Å². The summed E-state index contributed by atoms with van der Waals surface area (Å²) in [4.78, 5) is 9.98. The second-order valence-corrected chi connectivity index (χ2v) is 6.84. The third kappa shape index (κ3) is 6.03. The molecule has 1 aliphatic heterocycles. The zero-order valence-corrected chi connectivity index (χ0v) is 16.4. The Hall–Kier alpha value is -3.43. The van der Waals surface area contributed by atoms with Gasteiger partial charge in [-0.1, -0.05) is 12.1 Å². The van der Waals surface area contributed by atoms with Crippen molar-refractivity contribution in [2.24, 2.45) is 10.7 Å². The van der Waals surface area contributed by atoms with Crippen LogP contribution in [0.3, 0.4) is 0 Å². The van der Waals surface area contributed by atoms with Crippen molar-refractivity contribution >= 4 is 29.1 Å². The molecule has 164 valence electrons. The number of benzene rings is 1. The Balaban J connectivity index is 1.81. The quantitative estimate of drug-likeness (QED) is 0.381. The van der Waals surface area contributed by atoms with E-state index in [0.29, 0.717) is 42.9 Å². The van der Waals surface area contributed by atoms with Gasteiger partial charge in [-0.05, 0) is 36.6 Å². The molecule has 0 amide bonds. The Labute approximate surface area is 176 Å². The van der Waals surface area contributed by atoms with E-state index >= 15 is 0 Å². The van der Waals surface area contributed by atoms with Gasteiger partial charge in [0.15, 0.2) is 5.82 Å². The first-order valence-electron chi connectivity index (χ1n) is 9.52. The van der Waals surface area contributed by atoms with Crippen molar-refractivity contribution in [3.63, 3.8) is 0 Å². The van der Waals surface area contributed by atoms with E-state index < -0.39 is 18.6 Å². The molecule has 3 rings (SSSR count). The van der Waals surface area contributed by atoms with Crippen LogP contribution in [-0.4, -0.2) is 42.9 Å². The first-order valence-corrected chi connectivity index (χ1v) is 9.52. The van der Waals surface area contributed by atoms with Gasteiger partial charge in [-0.2, -0.15) is 8.78 Å². The molecule has 10 heteroatoms. The number of nitrogens with zero attached hydrogens (tertiary/aromatic N) is 3. The fourth-order valence-electron chi connectivity index (χ4n) is 3.12. The third-order valence-electron chi connectivity index (χ3n) is 4.69. The monoisotopic (exact) mass is 435 g/mol. The number of pyridine rings is 1. The van der Waals surface area contributed by atoms with Crippen molar-refractivity contribution in [2.45, 2.75) is 25.6 Å². The van der Waals surface area contributed by atoms with E-state index in [0.717, 1.165) is 12.4 Å². The first-order chi connectivity index (χ1) is 14.9. The van der Waals surface area contributed by atoms with E-state index in [4.69, 9.17) is 11.1 Å². The average molecular weight is 435 g/mol. The maximum Gasteiger partial charge on any atom is 0.387 e. The van der Waals surface area contributed by atoms with Crippen LogP contribution in [0.1, 0.15) is 18.4 Å². The molecule has 3 N–H and O–H groups in total. The highest BCUT2D eigenvalue weighted by molar-refractivity contribution is 6.16. The lowest BCUT2D eigenvalue weighted by atomic mass is 10.1. The predicted octanol–water partition coefficient (Wildman–Crippen LogP) is 4.48. The van der Waals surface area contributed by atoms with Gasteiger partial charge in [-0.3, -0.25) is 0 Å². The number of amidine groups is 1. The van der Waals surface area contributed by atoms with Crippen molar-refractivity contribution in [1.29, 1.82) is 5.41 Å². The molecule has 0 saturated carbocycles. The number of hydrogen-bond acceptors (Lipinski definition) is 5. The average Bonchev–Trinajstić information content (AvgIpc) is 2.74. The summed E-state index contributed by atoms with van der Waals surface area (Å²) in [6.07, 6.45) is 3.33. The fourth-order valence-corrected chi connectivity index (χ4v) is 3.12. The number of aromatic nitrogens is 1. The topological polar surface area (TPSA) is 87.6 Å². The van der Waals surface area contributed by atoms with Crippen LogP contribution in [0.4, 0.5) is 29.1 Å². The van der Waals surface area contributed by atoms with E-state index in [1.165, 1.54) is 36.4 Å². The van der Waals surface area contributed by atoms with E-state index in [1.54, 1.807) is 0 Å². The van der Waals surface area contributed by atoms with Crippen LogP contribution in [0.2, 0.25) is 0 Å². The maximum absolute atomic E-state index is 14.2. The van der Waals surface area contributed by atoms with Crippen LogP contribution in [0, 0.1) is 11.2 Å². The van der Waals surface area contributed by atoms with Crippen molar-refractivity contribution in [3.05, 3.63) is 54.0 Å². The summed E-state index contributed by atoms with van der Waals surface area (Å²) < 4.78 is 56.4. The van der Waals surface area contributed by atoms with Crippen molar-refractivity contribution in [2.75, 3.05) is 18.0 Å². The van der Waals surface area contributed by atoms with Gasteiger partial charge >= 0.3 is 6.61 Å². The lowest BCUT2D eigenvalue weighted by Gasteiger charge is -2.29. The van der Waals surface area contributed by atoms with Crippen molar-refractivity contribution in [3.8, 4) is 5.75 Å². The summed E-state index contributed by atoms with van der Waals surface area (Å²) >= 11 is 0. The number of aliphatic imine (C=N–C) groups is 1. The lowest BCUT2D eigenvalue weighted by Crippen LogP contribution is -2.34. The minimum absolute atomic E-state index is 0.0205. The minimum atomic E-state index is -2.94. The predicted molar refractivity (Wildman–Crippen MR) is 112 cm³/mol. The molecule has 2 aromatic rings. The Morgan fingerprint density at radius 3 is 2.55 bits per heavy atom. The standard InChI is InChI=1S/C21H21F4N5O/c22-15-5-7-30(8-6-15)20-10-18(17(23)12-28-20)29-19(27)9-14(11-26)13-1-3-16(4-2-13)31-21(24)25/h1-4,9-12,15,21,26H,5-8H2,(H2,27,28,29)/b14-9+,26-11?. The molecule has 0 spiro atoms. The van der Waals surface area contributed by atoms with Crippen LogP contribution >= 0.6 is 0 Å². The summed E-state index contributed by atoms with van der Waals surface area (Å²) in [6.45, 7) is -1.99. The van der Waals surface area contributed by atoms with Crippen LogP contribution in [0.5, 0.6) is 5.75 Å². The van der Waals surface area contributed by atoms with Crippen molar-refractivity contribution in [1.82, 2.24) is 4.98 Å². The van der Waals surface area contributed by atoms with Crippen LogP contribution in [-0.2, 0) is 0 Å². The summed E-state index contributed by atoms with van der Waals surface area (Å²) in [7, 11) is 0. The minimum Gasteiger partial charge on any atom is -0.435 e. The van der Waals surface area contributed by atoms with E-state index in [1.807, 2.05) is 4.90 Å². The third-order valence-corrected chi connectivity index (χ3v) is 4.69. The zero-order valence-electron chi connectivity index (χ0n) is 16.4. The number of alkyl halides is 3. The van der Waals surface area contributed by atoms with Gasteiger partial charge in [0.2, 0.25) is 0 Å². The molecule has 0 unspecified atom stereocenters. The summed E-state index contributed by atoms with van der Waals surface area (Å²) in [5.74, 6) is -0.283. The second kappa shape index (κ2) is 10.1. The van der Waals surface area contributed by atoms with Gasteiger partial charge in [0.05, 0.1) is 6.20 Å². The molecule has 1 aromatic heterocycles. The molecule has 31 heavy (non-hydrogen) atoms. The Bertz CT molecular complexity index is 970. The highest BCUT2D eigenvalue weighted by Crippen LogP contribution is 2.26. The lowest BCUT2D eigenvalue weighted by molar-refractivity contribution is -0.0498. The number of nitrogens with two attached hydrogens (primary N) is 1. The van der Waals surface area contributed by atoms with Crippen molar-refractivity contribution < 1.29 is 22.3 Å². The first kappa shape index (κ1) is 22.3. The SMILES string of the molecule is N=C/C(=C\C(N)=Nc1cc(N2CCC(F)CC2)ncc1F)c1ccc(OC(F)F)cc1. The largest absolute Gasteiger partial charge is 0.435 e. The number of ether oxygens (including phenoxy) is 1.